The molecule has 1 aromatic heterocycles. The normalized spacial score (nSPS) is 16.5. The zero-order valence-corrected chi connectivity index (χ0v) is 8.52. The number of nitrogens with one attached hydrogen (secondary N) is 1. The lowest BCUT2D eigenvalue weighted by atomic mass is 10.4. The molecule has 1 fully saturated rings. The predicted molar refractivity (Wildman–Crippen MR) is 56.6 cm³/mol. The van der Waals surface area contributed by atoms with Gasteiger partial charge in [-0.2, -0.15) is 5.10 Å². The Hall–Kier alpha value is -1.56. The largest absolute Gasteiger partial charge is 0.330 e. The quantitative estimate of drug-likeness (QED) is 0.732. The summed E-state index contributed by atoms with van der Waals surface area (Å²) in [4.78, 5) is 15.4. The topological polar surface area (TPSA) is 78.2 Å². The van der Waals surface area contributed by atoms with E-state index in [-0.39, 0.29) is 6.03 Å². The number of hydrogen-bond donors (Lipinski definition) is 2. The van der Waals surface area contributed by atoms with E-state index in [0.29, 0.717) is 13.1 Å². The Kier molecular flexibility index (Phi) is 2.86. The lowest BCUT2D eigenvalue weighted by molar-refractivity contribution is 0.220. The van der Waals surface area contributed by atoms with Crippen molar-refractivity contribution >= 4 is 11.8 Å². The molecule has 1 aliphatic heterocycles. The minimum absolute atomic E-state index is 0.0349. The minimum Gasteiger partial charge on any atom is -0.330 e. The van der Waals surface area contributed by atoms with Crippen LogP contribution in [-0.2, 0) is 0 Å². The van der Waals surface area contributed by atoms with Gasteiger partial charge in [-0.05, 0) is 13.0 Å². The molecule has 6 nitrogen and oxygen atoms in total. The summed E-state index contributed by atoms with van der Waals surface area (Å²) in [5.74, 6) is 0.759. The van der Waals surface area contributed by atoms with E-state index in [4.69, 9.17) is 5.73 Å². The SMILES string of the molecule is NCCCN1CCN(c2ccn[nH]2)C1=O. The van der Waals surface area contributed by atoms with Crippen LogP contribution in [0.3, 0.4) is 0 Å². The van der Waals surface area contributed by atoms with E-state index in [1.165, 1.54) is 0 Å². The summed E-state index contributed by atoms with van der Waals surface area (Å²) in [6, 6.07) is 1.83. The van der Waals surface area contributed by atoms with Crippen LogP contribution in [0.4, 0.5) is 10.6 Å². The fourth-order valence-electron chi connectivity index (χ4n) is 1.69. The monoisotopic (exact) mass is 209 g/mol. The summed E-state index contributed by atoms with van der Waals surface area (Å²) in [7, 11) is 0. The van der Waals surface area contributed by atoms with Gasteiger partial charge < -0.3 is 10.6 Å². The Balaban J connectivity index is 1.98. The number of hydrogen-bond acceptors (Lipinski definition) is 3. The third kappa shape index (κ3) is 1.94. The number of nitrogens with zero attached hydrogens (tertiary/aromatic N) is 3. The number of nitrogens with two attached hydrogens (primary N) is 1. The third-order valence-electron chi connectivity index (χ3n) is 2.50. The Morgan fingerprint density at radius 2 is 2.40 bits per heavy atom. The van der Waals surface area contributed by atoms with Crippen LogP contribution in [-0.4, -0.2) is 47.3 Å². The van der Waals surface area contributed by atoms with Gasteiger partial charge in [0.25, 0.3) is 0 Å². The molecule has 2 heterocycles. The van der Waals surface area contributed by atoms with Gasteiger partial charge in [-0.1, -0.05) is 0 Å². The number of rotatable bonds is 4. The summed E-state index contributed by atoms with van der Waals surface area (Å²) < 4.78 is 0. The highest BCUT2D eigenvalue weighted by atomic mass is 16.2. The van der Waals surface area contributed by atoms with Crippen molar-refractivity contribution in [2.75, 3.05) is 31.1 Å². The lowest BCUT2D eigenvalue weighted by Gasteiger charge is -2.16. The maximum Gasteiger partial charge on any atom is 0.325 e. The molecule has 0 bridgehead atoms. The molecule has 0 spiro atoms. The van der Waals surface area contributed by atoms with Crippen LogP contribution in [0.15, 0.2) is 12.3 Å². The van der Waals surface area contributed by atoms with Crippen molar-refractivity contribution in [1.29, 1.82) is 0 Å². The van der Waals surface area contributed by atoms with Crippen LogP contribution >= 0.6 is 0 Å². The van der Waals surface area contributed by atoms with Crippen LogP contribution in [0.5, 0.6) is 0 Å². The zero-order chi connectivity index (χ0) is 10.7. The average Bonchev–Trinajstić information content (AvgIpc) is 2.84. The molecule has 0 aromatic carbocycles. The highest BCUT2D eigenvalue weighted by Crippen LogP contribution is 2.16. The van der Waals surface area contributed by atoms with Crippen LogP contribution < -0.4 is 10.6 Å². The molecule has 0 saturated carbocycles. The molecule has 1 aliphatic rings. The Morgan fingerprint density at radius 1 is 1.53 bits per heavy atom. The number of urea groups is 1. The van der Waals surface area contributed by atoms with Gasteiger partial charge in [0.2, 0.25) is 0 Å². The van der Waals surface area contributed by atoms with Gasteiger partial charge in [-0.25, -0.2) is 4.79 Å². The zero-order valence-electron chi connectivity index (χ0n) is 8.52. The average molecular weight is 209 g/mol. The molecule has 1 saturated heterocycles. The van der Waals surface area contributed by atoms with Crippen molar-refractivity contribution in [3.63, 3.8) is 0 Å². The first kappa shape index (κ1) is 9.97. The first-order valence-electron chi connectivity index (χ1n) is 5.09. The van der Waals surface area contributed by atoms with E-state index in [2.05, 4.69) is 10.2 Å². The molecule has 0 atom stereocenters. The fourth-order valence-corrected chi connectivity index (χ4v) is 1.69. The molecule has 0 aliphatic carbocycles. The number of aromatic amines is 1. The maximum atomic E-state index is 11.9. The van der Waals surface area contributed by atoms with Gasteiger partial charge in [-0.3, -0.25) is 10.00 Å². The third-order valence-corrected chi connectivity index (χ3v) is 2.50. The highest BCUT2D eigenvalue weighted by molar-refractivity contribution is 5.93. The van der Waals surface area contributed by atoms with Crippen LogP contribution in [0.1, 0.15) is 6.42 Å². The van der Waals surface area contributed by atoms with Crippen LogP contribution in [0.25, 0.3) is 0 Å². The summed E-state index contributed by atoms with van der Waals surface area (Å²) in [5, 5.41) is 6.62. The Labute approximate surface area is 88.0 Å². The van der Waals surface area contributed by atoms with E-state index in [0.717, 1.165) is 25.3 Å². The van der Waals surface area contributed by atoms with Gasteiger partial charge in [0, 0.05) is 25.7 Å². The van der Waals surface area contributed by atoms with Crippen molar-refractivity contribution < 1.29 is 4.79 Å². The van der Waals surface area contributed by atoms with Gasteiger partial charge >= 0.3 is 6.03 Å². The molecule has 82 valence electrons. The maximum absolute atomic E-state index is 11.9. The Morgan fingerprint density at radius 3 is 3.07 bits per heavy atom. The lowest BCUT2D eigenvalue weighted by Crippen LogP contribution is -2.33. The van der Waals surface area contributed by atoms with Gasteiger partial charge in [0.1, 0.15) is 5.82 Å². The molecule has 6 heteroatoms. The van der Waals surface area contributed by atoms with Crippen molar-refractivity contribution in [2.45, 2.75) is 6.42 Å². The van der Waals surface area contributed by atoms with Crippen molar-refractivity contribution in [2.24, 2.45) is 5.73 Å². The molecule has 1 aromatic rings. The minimum atomic E-state index is 0.0349. The molecule has 15 heavy (non-hydrogen) atoms. The Bertz CT molecular complexity index is 323. The smallest absolute Gasteiger partial charge is 0.325 e. The second kappa shape index (κ2) is 4.31. The molecular formula is C9H15N5O. The standard InChI is InChI=1S/C9H15N5O/c10-3-1-5-13-6-7-14(9(13)15)8-2-4-11-12-8/h2,4H,1,3,5-7,10H2,(H,11,12). The fraction of sp³-hybridized carbons (Fsp3) is 0.556. The summed E-state index contributed by atoms with van der Waals surface area (Å²) in [6.45, 7) is 2.83. The van der Waals surface area contributed by atoms with E-state index >= 15 is 0 Å². The second-order valence-corrected chi connectivity index (χ2v) is 3.51. The number of H-pyrrole nitrogens is 1. The number of aromatic nitrogens is 2. The van der Waals surface area contributed by atoms with Gasteiger partial charge in [0.05, 0.1) is 6.20 Å². The molecule has 0 radical (unpaired) electrons. The van der Waals surface area contributed by atoms with Crippen LogP contribution in [0, 0.1) is 0 Å². The molecule has 2 amide bonds. The number of carbonyl (C=O) groups is 1. The van der Waals surface area contributed by atoms with E-state index in [1.54, 1.807) is 17.2 Å². The molecule has 3 N–H and O–H groups in total. The summed E-state index contributed by atoms with van der Waals surface area (Å²) in [5.41, 5.74) is 5.41. The number of anilines is 1. The first-order valence-corrected chi connectivity index (χ1v) is 5.09. The van der Waals surface area contributed by atoms with E-state index < -0.39 is 0 Å². The van der Waals surface area contributed by atoms with Crippen molar-refractivity contribution in [1.82, 2.24) is 15.1 Å². The number of carbonyl (C=O) groups excluding carboxylic acids is 1. The molecule has 2 rings (SSSR count). The summed E-state index contributed by atoms with van der Waals surface area (Å²) >= 11 is 0. The van der Waals surface area contributed by atoms with Crippen molar-refractivity contribution in [3.05, 3.63) is 12.3 Å². The van der Waals surface area contributed by atoms with Crippen LogP contribution in [0.2, 0.25) is 0 Å². The van der Waals surface area contributed by atoms with Gasteiger partial charge in [-0.15, -0.1) is 0 Å². The summed E-state index contributed by atoms with van der Waals surface area (Å²) in [6.07, 6.45) is 2.49. The van der Waals surface area contributed by atoms with E-state index in [1.807, 2.05) is 4.90 Å². The second-order valence-electron chi connectivity index (χ2n) is 3.51. The van der Waals surface area contributed by atoms with Crippen molar-refractivity contribution in [3.8, 4) is 0 Å². The first-order chi connectivity index (χ1) is 7.33. The predicted octanol–water partition coefficient (Wildman–Crippen LogP) is 0.000500. The van der Waals surface area contributed by atoms with E-state index in [9.17, 15) is 4.79 Å². The molecular weight excluding hydrogens is 194 g/mol. The van der Waals surface area contributed by atoms with Gasteiger partial charge in [0.15, 0.2) is 0 Å². The number of amides is 2. The highest BCUT2D eigenvalue weighted by Gasteiger charge is 2.29. The molecule has 0 unspecified atom stereocenters.